The molecular weight excluding hydrogens is 320 g/mol. The highest BCUT2D eigenvalue weighted by Gasteiger charge is 2.13. The largest absolute Gasteiger partial charge is 0.477 e. The molecule has 0 aliphatic rings. The molecular formula is C12H12BrClN2O2. The molecule has 1 heterocycles. The lowest BCUT2D eigenvalue weighted by atomic mass is 10.1. The average molecular weight is 332 g/mol. The molecule has 0 N–H and O–H groups in total. The number of fused-ring (bicyclic) bond motifs is 1. The van der Waals surface area contributed by atoms with E-state index in [1.165, 1.54) is 7.11 Å². The Labute approximate surface area is 118 Å². The molecule has 0 fully saturated rings. The van der Waals surface area contributed by atoms with Crippen molar-refractivity contribution in [2.75, 3.05) is 19.5 Å². The second-order valence-corrected chi connectivity index (χ2v) is 4.84. The lowest BCUT2D eigenvalue weighted by Crippen LogP contribution is -2.00. The highest BCUT2D eigenvalue weighted by atomic mass is 79.9. The quantitative estimate of drug-likeness (QED) is 0.807. The van der Waals surface area contributed by atoms with Gasteiger partial charge in [-0.1, -0.05) is 27.5 Å². The van der Waals surface area contributed by atoms with Gasteiger partial charge in [0.25, 0.3) is 11.8 Å². The molecule has 0 aliphatic carbocycles. The summed E-state index contributed by atoms with van der Waals surface area (Å²) in [7, 11) is 3.07. The number of hydrogen-bond acceptors (Lipinski definition) is 4. The number of nitrogens with zero attached hydrogens (tertiary/aromatic N) is 2. The number of halogens is 2. The third-order valence-electron chi connectivity index (χ3n) is 2.50. The molecule has 1 aromatic carbocycles. The Morgan fingerprint density at radius 3 is 2.44 bits per heavy atom. The standard InChI is InChI=1S/C12H12BrClN2O2/c1-17-11-12(18-2)16-10-7(3-4-13)5-8(14)6-9(10)15-11/h5-6H,3-4H2,1-2H3. The molecule has 2 rings (SSSR count). The fourth-order valence-corrected chi connectivity index (χ4v) is 2.38. The first-order valence-corrected chi connectivity index (χ1v) is 6.83. The third kappa shape index (κ3) is 2.52. The fraction of sp³-hybridized carbons (Fsp3) is 0.333. The van der Waals surface area contributed by atoms with Crippen molar-refractivity contribution in [3.63, 3.8) is 0 Å². The first-order valence-electron chi connectivity index (χ1n) is 5.33. The number of rotatable bonds is 4. The summed E-state index contributed by atoms with van der Waals surface area (Å²) in [5, 5.41) is 1.47. The van der Waals surface area contributed by atoms with Gasteiger partial charge in [0, 0.05) is 10.4 Å². The van der Waals surface area contributed by atoms with Crippen LogP contribution in [0, 0.1) is 0 Å². The van der Waals surface area contributed by atoms with Crippen molar-refractivity contribution in [3.8, 4) is 11.8 Å². The number of aromatic nitrogens is 2. The molecule has 0 aliphatic heterocycles. The van der Waals surface area contributed by atoms with E-state index in [2.05, 4.69) is 25.9 Å². The average Bonchev–Trinajstić information content (AvgIpc) is 2.37. The van der Waals surface area contributed by atoms with Crippen LogP contribution in [0.2, 0.25) is 5.02 Å². The van der Waals surface area contributed by atoms with E-state index in [4.69, 9.17) is 21.1 Å². The van der Waals surface area contributed by atoms with Crippen LogP contribution in [-0.2, 0) is 6.42 Å². The minimum absolute atomic E-state index is 0.358. The predicted molar refractivity (Wildman–Crippen MR) is 75.2 cm³/mol. The summed E-state index contributed by atoms with van der Waals surface area (Å²) < 4.78 is 10.3. The Morgan fingerprint density at radius 2 is 1.83 bits per heavy atom. The van der Waals surface area contributed by atoms with Crippen LogP contribution in [0.4, 0.5) is 0 Å². The normalized spacial score (nSPS) is 10.7. The number of aryl methyl sites for hydroxylation is 1. The van der Waals surface area contributed by atoms with Crippen molar-refractivity contribution in [2.45, 2.75) is 6.42 Å². The van der Waals surface area contributed by atoms with E-state index in [0.717, 1.165) is 22.8 Å². The molecule has 0 saturated heterocycles. The Bertz CT molecular complexity index is 577. The summed E-state index contributed by atoms with van der Waals surface area (Å²) in [4.78, 5) is 8.79. The number of ether oxygens (including phenoxy) is 2. The maximum Gasteiger partial charge on any atom is 0.278 e. The summed E-state index contributed by atoms with van der Waals surface area (Å²) >= 11 is 9.49. The van der Waals surface area contributed by atoms with Gasteiger partial charge in [0.1, 0.15) is 0 Å². The van der Waals surface area contributed by atoms with Crippen molar-refractivity contribution < 1.29 is 9.47 Å². The monoisotopic (exact) mass is 330 g/mol. The first kappa shape index (κ1) is 13.4. The molecule has 0 bridgehead atoms. The van der Waals surface area contributed by atoms with E-state index in [0.29, 0.717) is 22.3 Å². The van der Waals surface area contributed by atoms with Crippen LogP contribution in [0.5, 0.6) is 11.8 Å². The van der Waals surface area contributed by atoms with Gasteiger partial charge in [-0.25, -0.2) is 9.97 Å². The van der Waals surface area contributed by atoms with Gasteiger partial charge in [-0.2, -0.15) is 0 Å². The summed E-state index contributed by atoms with van der Waals surface area (Å²) in [6.07, 6.45) is 0.821. The lowest BCUT2D eigenvalue weighted by molar-refractivity contribution is 0.334. The van der Waals surface area contributed by atoms with Crippen LogP contribution >= 0.6 is 27.5 Å². The van der Waals surface area contributed by atoms with Gasteiger partial charge in [-0.3, -0.25) is 0 Å². The number of benzene rings is 1. The molecule has 6 heteroatoms. The second kappa shape index (κ2) is 5.71. The first-order chi connectivity index (χ1) is 8.69. The number of hydrogen-bond donors (Lipinski definition) is 0. The predicted octanol–water partition coefficient (Wildman–Crippen LogP) is 3.24. The van der Waals surface area contributed by atoms with E-state index in [1.807, 2.05) is 6.07 Å². The maximum atomic E-state index is 6.07. The van der Waals surface area contributed by atoms with E-state index in [1.54, 1.807) is 13.2 Å². The minimum atomic E-state index is 0.358. The van der Waals surface area contributed by atoms with Gasteiger partial charge >= 0.3 is 0 Å². The fourth-order valence-electron chi connectivity index (χ4n) is 1.72. The molecule has 18 heavy (non-hydrogen) atoms. The van der Waals surface area contributed by atoms with Crippen LogP contribution in [0.15, 0.2) is 12.1 Å². The molecule has 4 nitrogen and oxygen atoms in total. The summed E-state index contributed by atoms with van der Waals surface area (Å²) in [6.45, 7) is 0. The van der Waals surface area contributed by atoms with Crippen LogP contribution in [-0.4, -0.2) is 29.5 Å². The van der Waals surface area contributed by atoms with Crippen molar-refractivity contribution in [1.29, 1.82) is 0 Å². The Kier molecular flexibility index (Phi) is 4.24. The zero-order valence-electron chi connectivity index (χ0n) is 10.0. The molecule has 0 atom stereocenters. The SMILES string of the molecule is COc1nc2cc(Cl)cc(CCBr)c2nc1OC. The van der Waals surface area contributed by atoms with Crippen LogP contribution in [0.1, 0.15) is 5.56 Å². The Hall–Kier alpha value is -1.07. The molecule has 2 aromatic rings. The molecule has 96 valence electrons. The van der Waals surface area contributed by atoms with Gasteiger partial charge in [-0.05, 0) is 24.1 Å². The van der Waals surface area contributed by atoms with Crippen molar-refractivity contribution in [2.24, 2.45) is 0 Å². The zero-order valence-corrected chi connectivity index (χ0v) is 12.4. The molecule has 0 spiro atoms. The summed E-state index contributed by atoms with van der Waals surface area (Å²) in [6, 6.07) is 3.66. The van der Waals surface area contributed by atoms with Gasteiger partial charge in [0.05, 0.1) is 25.3 Å². The van der Waals surface area contributed by atoms with E-state index in [9.17, 15) is 0 Å². The molecule has 0 unspecified atom stereocenters. The topological polar surface area (TPSA) is 44.2 Å². The number of alkyl halides is 1. The maximum absolute atomic E-state index is 6.07. The molecule has 0 saturated carbocycles. The molecule has 1 aromatic heterocycles. The smallest absolute Gasteiger partial charge is 0.278 e. The van der Waals surface area contributed by atoms with E-state index >= 15 is 0 Å². The van der Waals surface area contributed by atoms with Crippen molar-refractivity contribution >= 4 is 38.6 Å². The van der Waals surface area contributed by atoms with E-state index < -0.39 is 0 Å². The van der Waals surface area contributed by atoms with Crippen molar-refractivity contribution in [1.82, 2.24) is 9.97 Å². The van der Waals surface area contributed by atoms with Gasteiger partial charge in [0.15, 0.2) is 0 Å². The van der Waals surface area contributed by atoms with Gasteiger partial charge < -0.3 is 9.47 Å². The van der Waals surface area contributed by atoms with E-state index in [-0.39, 0.29) is 0 Å². The molecule has 0 amide bonds. The van der Waals surface area contributed by atoms with Crippen molar-refractivity contribution in [3.05, 3.63) is 22.7 Å². The van der Waals surface area contributed by atoms with Crippen LogP contribution < -0.4 is 9.47 Å². The molecule has 0 radical (unpaired) electrons. The van der Waals surface area contributed by atoms with Crippen LogP contribution in [0.25, 0.3) is 11.0 Å². The third-order valence-corrected chi connectivity index (χ3v) is 3.12. The summed E-state index contributed by atoms with van der Waals surface area (Å²) in [5.74, 6) is 0.736. The van der Waals surface area contributed by atoms with Gasteiger partial charge in [0.2, 0.25) is 0 Å². The minimum Gasteiger partial charge on any atom is -0.477 e. The second-order valence-electron chi connectivity index (χ2n) is 3.61. The highest BCUT2D eigenvalue weighted by Crippen LogP contribution is 2.29. The highest BCUT2D eigenvalue weighted by molar-refractivity contribution is 9.09. The lowest BCUT2D eigenvalue weighted by Gasteiger charge is -2.09. The zero-order chi connectivity index (χ0) is 13.1. The van der Waals surface area contributed by atoms with Crippen LogP contribution in [0.3, 0.4) is 0 Å². The van der Waals surface area contributed by atoms with Gasteiger partial charge in [-0.15, -0.1) is 0 Å². The summed E-state index contributed by atoms with van der Waals surface area (Å²) in [5.41, 5.74) is 2.52. The Balaban J connectivity index is 2.70. The Morgan fingerprint density at radius 1 is 1.17 bits per heavy atom. The number of methoxy groups -OCH3 is 2.